The van der Waals surface area contributed by atoms with Crippen molar-refractivity contribution in [2.75, 3.05) is 5.75 Å². The minimum absolute atomic E-state index is 0.0464. The Morgan fingerprint density at radius 3 is 2.88 bits per heavy atom. The SMILES string of the molecule is CC(O)C(=O)CSc1cc(O)c(Cl)cc1/N=N/c1snc2ccccc12. The smallest absolute Gasteiger partial charge is 0.171 e. The predicted molar refractivity (Wildman–Crippen MR) is 104 cm³/mol. The summed E-state index contributed by atoms with van der Waals surface area (Å²) in [5.74, 6) is -0.383. The van der Waals surface area contributed by atoms with Crippen LogP contribution >= 0.6 is 34.9 Å². The highest BCUT2D eigenvalue weighted by Gasteiger charge is 2.14. The molecule has 0 radical (unpaired) electrons. The molecule has 0 bridgehead atoms. The number of thioether (sulfide) groups is 1. The lowest BCUT2D eigenvalue weighted by molar-refractivity contribution is -0.123. The zero-order valence-electron chi connectivity index (χ0n) is 13.6. The van der Waals surface area contributed by atoms with Gasteiger partial charge in [-0.2, -0.15) is 4.37 Å². The molecular formula is C17H14ClN3O3S2. The second-order valence-corrected chi connectivity index (χ2v) is 7.58. The Bertz CT molecular complexity index is 989. The number of benzene rings is 2. The minimum atomic E-state index is -1.04. The Morgan fingerprint density at radius 2 is 2.12 bits per heavy atom. The van der Waals surface area contributed by atoms with Gasteiger partial charge in [0.2, 0.25) is 0 Å². The number of azo groups is 1. The first-order chi connectivity index (χ1) is 12.5. The van der Waals surface area contributed by atoms with Crippen molar-refractivity contribution in [3.63, 3.8) is 0 Å². The van der Waals surface area contributed by atoms with Crippen molar-refractivity contribution >= 4 is 62.3 Å². The van der Waals surface area contributed by atoms with Crippen LogP contribution in [0.1, 0.15) is 6.92 Å². The lowest BCUT2D eigenvalue weighted by Crippen LogP contribution is -2.17. The molecule has 1 aromatic heterocycles. The molecule has 1 unspecified atom stereocenters. The number of aromatic hydroxyl groups is 1. The second-order valence-electron chi connectivity index (χ2n) is 5.41. The molecule has 0 saturated carbocycles. The number of carbonyl (C=O) groups is 1. The molecule has 3 aromatic rings. The summed E-state index contributed by atoms with van der Waals surface area (Å²) in [7, 11) is 0. The highest BCUT2D eigenvalue weighted by molar-refractivity contribution is 8.00. The Kier molecular flexibility index (Phi) is 5.87. The Morgan fingerprint density at radius 1 is 1.35 bits per heavy atom. The van der Waals surface area contributed by atoms with Gasteiger partial charge in [0.1, 0.15) is 17.5 Å². The van der Waals surface area contributed by atoms with Crippen LogP contribution in [0.3, 0.4) is 0 Å². The number of fused-ring (bicyclic) bond motifs is 1. The number of aliphatic hydroxyl groups is 1. The van der Waals surface area contributed by atoms with E-state index in [1.165, 1.54) is 30.6 Å². The van der Waals surface area contributed by atoms with Crippen LogP contribution in [0.5, 0.6) is 5.75 Å². The van der Waals surface area contributed by atoms with Crippen LogP contribution in [0, 0.1) is 0 Å². The molecule has 9 heteroatoms. The van der Waals surface area contributed by atoms with E-state index in [9.17, 15) is 15.0 Å². The van der Waals surface area contributed by atoms with Gasteiger partial charge in [-0.25, -0.2) is 0 Å². The van der Waals surface area contributed by atoms with E-state index in [-0.39, 0.29) is 22.3 Å². The standard InChI is InChI=1S/C17H14ClN3O3S2/c1-9(22)15(24)8-25-16-7-14(23)11(18)6-13(16)19-20-17-10-4-2-3-5-12(10)21-26-17/h2-7,9,22-23H,8H2,1H3/b20-19+. The molecule has 0 fully saturated rings. The first-order valence-electron chi connectivity index (χ1n) is 7.58. The number of ketones is 1. The quantitative estimate of drug-likeness (QED) is 0.437. The largest absolute Gasteiger partial charge is 0.506 e. The van der Waals surface area contributed by atoms with Crippen molar-refractivity contribution < 1.29 is 15.0 Å². The zero-order chi connectivity index (χ0) is 18.7. The first-order valence-corrected chi connectivity index (χ1v) is 9.71. The lowest BCUT2D eigenvalue weighted by Gasteiger charge is -2.07. The molecule has 1 atom stereocenters. The van der Waals surface area contributed by atoms with Gasteiger partial charge < -0.3 is 10.2 Å². The molecule has 26 heavy (non-hydrogen) atoms. The third-order valence-electron chi connectivity index (χ3n) is 3.48. The highest BCUT2D eigenvalue weighted by Crippen LogP contribution is 2.39. The average molecular weight is 408 g/mol. The van der Waals surface area contributed by atoms with Gasteiger partial charge in [0.25, 0.3) is 0 Å². The van der Waals surface area contributed by atoms with Crippen LogP contribution in [0.2, 0.25) is 5.02 Å². The number of Topliss-reactive ketones (excluding diaryl/α,β-unsaturated/α-hetero) is 1. The maximum absolute atomic E-state index is 11.7. The van der Waals surface area contributed by atoms with E-state index in [1.807, 2.05) is 24.3 Å². The van der Waals surface area contributed by atoms with Crippen molar-refractivity contribution in [2.45, 2.75) is 17.9 Å². The van der Waals surface area contributed by atoms with Gasteiger partial charge in [0, 0.05) is 10.3 Å². The number of nitrogens with zero attached hydrogens (tertiary/aromatic N) is 3. The zero-order valence-corrected chi connectivity index (χ0v) is 16.0. The lowest BCUT2D eigenvalue weighted by atomic mass is 10.2. The summed E-state index contributed by atoms with van der Waals surface area (Å²) in [6.07, 6.45) is -1.04. The van der Waals surface area contributed by atoms with E-state index < -0.39 is 6.10 Å². The molecule has 0 spiro atoms. The van der Waals surface area contributed by atoms with Crippen LogP contribution in [0.25, 0.3) is 10.9 Å². The number of rotatable bonds is 6. The minimum Gasteiger partial charge on any atom is -0.506 e. The number of phenolic OH excluding ortho intramolecular Hbond substituents is 1. The molecule has 3 rings (SSSR count). The number of hydrogen-bond donors (Lipinski definition) is 2. The summed E-state index contributed by atoms with van der Waals surface area (Å²) in [6, 6.07) is 10.5. The first kappa shape index (κ1) is 18.8. The fourth-order valence-corrected chi connectivity index (χ4v) is 3.87. The summed E-state index contributed by atoms with van der Waals surface area (Å²) in [5, 5.41) is 29.3. The van der Waals surface area contributed by atoms with E-state index in [4.69, 9.17) is 11.6 Å². The molecule has 2 aromatic carbocycles. The van der Waals surface area contributed by atoms with Gasteiger partial charge in [-0.05, 0) is 42.7 Å². The van der Waals surface area contributed by atoms with Gasteiger partial charge in [0.05, 0.1) is 16.3 Å². The van der Waals surface area contributed by atoms with E-state index in [1.54, 1.807) is 0 Å². The number of halogens is 1. The molecule has 0 aliphatic heterocycles. The van der Waals surface area contributed by atoms with Gasteiger partial charge in [-0.15, -0.1) is 22.0 Å². The van der Waals surface area contributed by atoms with E-state index in [0.717, 1.165) is 22.7 Å². The number of phenols is 1. The summed E-state index contributed by atoms with van der Waals surface area (Å²) in [4.78, 5) is 12.2. The monoisotopic (exact) mass is 407 g/mol. The third-order valence-corrected chi connectivity index (χ3v) is 5.61. The normalized spacial score (nSPS) is 12.7. The molecule has 0 saturated heterocycles. The van der Waals surface area contributed by atoms with Gasteiger partial charge in [-0.3, -0.25) is 4.79 Å². The predicted octanol–water partition coefficient (Wildman–Crippen LogP) is 5.11. The third kappa shape index (κ3) is 4.21. The van der Waals surface area contributed by atoms with Crippen LogP contribution < -0.4 is 0 Å². The molecule has 6 nitrogen and oxygen atoms in total. The number of hydrogen-bond acceptors (Lipinski definition) is 8. The Hall–Kier alpha value is -2.00. The Balaban J connectivity index is 1.90. The molecule has 0 aliphatic rings. The van der Waals surface area contributed by atoms with Crippen molar-refractivity contribution in [3.05, 3.63) is 41.4 Å². The Labute approximate surface area is 162 Å². The topological polar surface area (TPSA) is 95.1 Å². The van der Waals surface area contributed by atoms with Gasteiger partial charge in [0.15, 0.2) is 10.8 Å². The van der Waals surface area contributed by atoms with E-state index >= 15 is 0 Å². The summed E-state index contributed by atoms with van der Waals surface area (Å²) in [6.45, 7) is 1.41. The summed E-state index contributed by atoms with van der Waals surface area (Å²) in [5.41, 5.74) is 1.26. The average Bonchev–Trinajstić information content (AvgIpc) is 3.04. The number of carbonyl (C=O) groups excluding carboxylic acids is 1. The molecule has 0 amide bonds. The van der Waals surface area contributed by atoms with Crippen molar-refractivity contribution in [3.8, 4) is 5.75 Å². The van der Waals surface area contributed by atoms with Crippen molar-refractivity contribution in [1.29, 1.82) is 0 Å². The van der Waals surface area contributed by atoms with Crippen LogP contribution in [0.4, 0.5) is 10.7 Å². The van der Waals surface area contributed by atoms with Gasteiger partial charge >= 0.3 is 0 Å². The maximum Gasteiger partial charge on any atom is 0.171 e. The van der Waals surface area contributed by atoms with Crippen molar-refractivity contribution in [2.24, 2.45) is 10.2 Å². The highest BCUT2D eigenvalue weighted by atomic mass is 35.5. The maximum atomic E-state index is 11.7. The van der Waals surface area contributed by atoms with Crippen LogP contribution in [0.15, 0.2) is 51.5 Å². The second kappa shape index (κ2) is 8.13. The fraction of sp³-hybridized carbons (Fsp3) is 0.176. The number of aliphatic hydroxyl groups excluding tert-OH is 1. The van der Waals surface area contributed by atoms with E-state index in [2.05, 4.69) is 14.6 Å². The molecule has 0 aliphatic carbocycles. The molecule has 134 valence electrons. The molecule has 1 heterocycles. The van der Waals surface area contributed by atoms with E-state index in [0.29, 0.717) is 15.6 Å². The molecule has 2 N–H and O–H groups in total. The number of aromatic nitrogens is 1. The van der Waals surface area contributed by atoms with Crippen molar-refractivity contribution in [1.82, 2.24) is 4.37 Å². The van der Waals surface area contributed by atoms with Crippen LogP contribution in [-0.2, 0) is 4.79 Å². The fourth-order valence-electron chi connectivity index (χ4n) is 2.04. The van der Waals surface area contributed by atoms with Gasteiger partial charge in [-0.1, -0.05) is 23.7 Å². The van der Waals surface area contributed by atoms with Crippen LogP contribution in [-0.4, -0.2) is 32.2 Å². The summed E-state index contributed by atoms with van der Waals surface area (Å²) >= 11 is 8.36. The molecular weight excluding hydrogens is 394 g/mol. The summed E-state index contributed by atoms with van der Waals surface area (Å²) < 4.78 is 4.31.